The largest absolute Gasteiger partial charge is 0.462 e. The predicted molar refractivity (Wildman–Crippen MR) is 86.5 cm³/mol. The van der Waals surface area contributed by atoms with Crippen molar-refractivity contribution in [2.45, 2.75) is 32.6 Å². The summed E-state index contributed by atoms with van der Waals surface area (Å²) in [5.41, 5.74) is 1.11. The zero-order valence-corrected chi connectivity index (χ0v) is 14.2. The first-order valence-corrected chi connectivity index (χ1v) is 8.30. The molecule has 1 rings (SSSR count). The number of nitriles is 1. The smallest absolute Gasteiger partial charge is 0.324 e. The molecule has 6 heteroatoms. The van der Waals surface area contributed by atoms with Crippen molar-refractivity contribution in [1.29, 1.82) is 5.26 Å². The maximum Gasteiger partial charge on any atom is 0.324 e. The molecule has 1 N–H and O–H groups in total. The van der Waals surface area contributed by atoms with Crippen molar-refractivity contribution in [2.24, 2.45) is 11.8 Å². The van der Waals surface area contributed by atoms with Crippen LogP contribution in [0.5, 0.6) is 0 Å². The minimum atomic E-state index is -0.743. The average molecular weight is 324 g/mol. The molecule has 0 fully saturated rings. The molecule has 2 atom stereocenters. The summed E-state index contributed by atoms with van der Waals surface area (Å²) in [6.07, 6.45) is 5.72. The number of carbonyl (C=O) groups is 1. The normalized spacial score (nSPS) is 18.7. The standard InChI is InChI=1S/C17H28N2O4/c1-3-22-10-11-23-17(20)16(13-18)14-6-4-7-15(12-14)19-8-5-9-21-2/h12,14,16,19H,3-11H2,1-2H3. The zero-order valence-electron chi connectivity index (χ0n) is 14.2. The lowest BCUT2D eigenvalue weighted by atomic mass is 9.84. The van der Waals surface area contributed by atoms with Gasteiger partial charge in [0.15, 0.2) is 0 Å². The lowest BCUT2D eigenvalue weighted by molar-refractivity contribution is -0.149. The van der Waals surface area contributed by atoms with Crippen LogP contribution in [0.3, 0.4) is 0 Å². The number of methoxy groups -OCH3 is 1. The molecule has 0 aromatic rings. The molecule has 1 aliphatic carbocycles. The van der Waals surface area contributed by atoms with Crippen LogP contribution in [-0.2, 0) is 19.0 Å². The van der Waals surface area contributed by atoms with Crippen molar-refractivity contribution in [3.05, 3.63) is 11.8 Å². The van der Waals surface area contributed by atoms with Gasteiger partial charge in [0, 0.05) is 38.5 Å². The molecule has 0 amide bonds. The Morgan fingerprint density at radius 2 is 2.30 bits per heavy atom. The van der Waals surface area contributed by atoms with E-state index in [1.807, 2.05) is 13.0 Å². The maximum atomic E-state index is 12.1. The van der Waals surface area contributed by atoms with Crippen LogP contribution in [0.2, 0.25) is 0 Å². The molecule has 23 heavy (non-hydrogen) atoms. The first-order valence-electron chi connectivity index (χ1n) is 8.30. The van der Waals surface area contributed by atoms with E-state index in [9.17, 15) is 10.1 Å². The van der Waals surface area contributed by atoms with Gasteiger partial charge in [-0.15, -0.1) is 0 Å². The van der Waals surface area contributed by atoms with Gasteiger partial charge < -0.3 is 19.5 Å². The highest BCUT2D eigenvalue weighted by atomic mass is 16.6. The van der Waals surface area contributed by atoms with E-state index in [-0.39, 0.29) is 12.5 Å². The molecule has 0 heterocycles. The van der Waals surface area contributed by atoms with Gasteiger partial charge in [-0.2, -0.15) is 5.26 Å². The highest BCUT2D eigenvalue weighted by Crippen LogP contribution is 2.28. The molecule has 0 spiro atoms. The summed E-state index contributed by atoms with van der Waals surface area (Å²) >= 11 is 0. The number of rotatable bonds is 11. The van der Waals surface area contributed by atoms with Gasteiger partial charge in [0.05, 0.1) is 12.7 Å². The minimum absolute atomic E-state index is 0.0849. The molecule has 6 nitrogen and oxygen atoms in total. The highest BCUT2D eigenvalue weighted by Gasteiger charge is 2.30. The number of allylic oxidation sites excluding steroid dienone is 2. The van der Waals surface area contributed by atoms with E-state index in [1.165, 1.54) is 0 Å². The Hall–Kier alpha value is -1.58. The fraction of sp³-hybridized carbons (Fsp3) is 0.765. The number of esters is 1. The van der Waals surface area contributed by atoms with E-state index < -0.39 is 11.9 Å². The highest BCUT2D eigenvalue weighted by molar-refractivity contribution is 5.76. The van der Waals surface area contributed by atoms with Crippen molar-refractivity contribution in [1.82, 2.24) is 5.32 Å². The number of carbonyl (C=O) groups excluding carboxylic acids is 1. The molecule has 0 radical (unpaired) electrons. The summed E-state index contributed by atoms with van der Waals surface area (Å²) in [5, 5.41) is 12.7. The van der Waals surface area contributed by atoms with Gasteiger partial charge in [-0.1, -0.05) is 6.08 Å². The van der Waals surface area contributed by atoms with Crippen LogP contribution in [0.4, 0.5) is 0 Å². The Morgan fingerprint density at radius 1 is 1.48 bits per heavy atom. The van der Waals surface area contributed by atoms with Gasteiger partial charge in [0.1, 0.15) is 12.5 Å². The Labute approximate surface area is 138 Å². The Balaban J connectivity index is 2.48. The second-order valence-electron chi connectivity index (χ2n) is 5.49. The third kappa shape index (κ3) is 7.49. The average Bonchev–Trinajstić information content (AvgIpc) is 2.57. The molecular weight excluding hydrogens is 296 g/mol. The fourth-order valence-electron chi connectivity index (χ4n) is 2.59. The summed E-state index contributed by atoms with van der Waals surface area (Å²) in [7, 11) is 1.69. The molecular formula is C17H28N2O4. The molecule has 0 saturated carbocycles. The van der Waals surface area contributed by atoms with Crippen molar-refractivity contribution in [3.63, 3.8) is 0 Å². The Kier molecular flexibility index (Phi) is 10.1. The third-order valence-corrected chi connectivity index (χ3v) is 3.77. The molecule has 130 valence electrons. The predicted octanol–water partition coefficient (Wildman–Crippen LogP) is 2.02. The van der Waals surface area contributed by atoms with Crippen LogP contribution in [0, 0.1) is 23.2 Å². The van der Waals surface area contributed by atoms with Crippen LogP contribution in [0.15, 0.2) is 11.8 Å². The second-order valence-corrected chi connectivity index (χ2v) is 5.49. The molecule has 2 unspecified atom stereocenters. The maximum absolute atomic E-state index is 12.1. The lowest BCUT2D eigenvalue weighted by Gasteiger charge is -2.24. The van der Waals surface area contributed by atoms with Crippen molar-refractivity contribution >= 4 is 5.97 Å². The number of nitrogens with zero attached hydrogens (tertiary/aromatic N) is 1. The van der Waals surface area contributed by atoms with Gasteiger partial charge in [-0.3, -0.25) is 4.79 Å². The molecule has 0 saturated heterocycles. The van der Waals surface area contributed by atoms with Crippen LogP contribution in [0.1, 0.15) is 32.6 Å². The van der Waals surface area contributed by atoms with Crippen molar-refractivity contribution in [3.8, 4) is 6.07 Å². The van der Waals surface area contributed by atoms with Crippen LogP contribution < -0.4 is 5.32 Å². The van der Waals surface area contributed by atoms with E-state index in [0.29, 0.717) is 13.2 Å². The molecule has 0 aliphatic heterocycles. The van der Waals surface area contributed by atoms with E-state index in [2.05, 4.69) is 11.4 Å². The summed E-state index contributed by atoms with van der Waals surface area (Å²) in [6.45, 7) is 4.59. The van der Waals surface area contributed by atoms with Crippen LogP contribution in [-0.4, -0.2) is 46.1 Å². The first-order chi connectivity index (χ1) is 11.2. The quantitative estimate of drug-likeness (QED) is 0.462. The SMILES string of the molecule is CCOCCOC(=O)C(C#N)C1C=C(NCCCOC)CCC1. The van der Waals surface area contributed by atoms with Crippen molar-refractivity contribution in [2.75, 3.05) is 40.1 Å². The van der Waals surface area contributed by atoms with Gasteiger partial charge in [-0.25, -0.2) is 0 Å². The second kappa shape index (κ2) is 11.9. The number of hydrogen-bond acceptors (Lipinski definition) is 6. The summed E-state index contributed by atoms with van der Waals surface area (Å²) in [4.78, 5) is 12.1. The molecule has 0 aromatic heterocycles. The molecule has 1 aliphatic rings. The first kappa shape index (κ1) is 19.5. The van der Waals surface area contributed by atoms with Crippen molar-refractivity contribution < 1.29 is 19.0 Å². The summed E-state index contributed by atoms with van der Waals surface area (Å²) in [5.74, 6) is -1.28. The zero-order chi connectivity index (χ0) is 16.9. The number of ether oxygens (including phenoxy) is 3. The van der Waals surface area contributed by atoms with Gasteiger partial charge in [0.2, 0.25) is 0 Å². The third-order valence-electron chi connectivity index (χ3n) is 3.77. The van der Waals surface area contributed by atoms with Crippen LogP contribution >= 0.6 is 0 Å². The van der Waals surface area contributed by atoms with Gasteiger partial charge in [0.25, 0.3) is 0 Å². The minimum Gasteiger partial charge on any atom is -0.462 e. The molecule has 0 bridgehead atoms. The van der Waals surface area contributed by atoms with E-state index >= 15 is 0 Å². The monoisotopic (exact) mass is 324 g/mol. The Bertz CT molecular complexity index is 417. The van der Waals surface area contributed by atoms with Crippen LogP contribution in [0.25, 0.3) is 0 Å². The topological polar surface area (TPSA) is 80.6 Å². The fourth-order valence-corrected chi connectivity index (χ4v) is 2.59. The van der Waals surface area contributed by atoms with E-state index in [1.54, 1.807) is 7.11 Å². The lowest BCUT2D eigenvalue weighted by Crippen LogP contribution is -2.28. The number of hydrogen-bond donors (Lipinski definition) is 1. The van der Waals surface area contributed by atoms with E-state index in [4.69, 9.17) is 14.2 Å². The van der Waals surface area contributed by atoms with Gasteiger partial charge in [-0.05, 0) is 32.6 Å². The summed E-state index contributed by atoms with van der Waals surface area (Å²) in [6, 6.07) is 2.10. The van der Waals surface area contributed by atoms with E-state index in [0.717, 1.165) is 44.5 Å². The summed E-state index contributed by atoms with van der Waals surface area (Å²) < 4.78 is 15.3. The molecule has 0 aromatic carbocycles. The Morgan fingerprint density at radius 3 is 3.00 bits per heavy atom. The number of nitrogens with one attached hydrogen (secondary N) is 1. The van der Waals surface area contributed by atoms with Gasteiger partial charge >= 0.3 is 5.97 Å².